The number of piperazine rings is 1. The summed E-state index contributed by atoms with van der Waals surface area (Å²) in [5.74, 6) is 0.534. The second-order valence-corrected chi connectivity index (χ2v) is 9.49. The molecule has 9 heteroatoms. The largest absolute Gasteiger partial charge is 0.444 e. The summed E-state index contributed by atoms with van der Waals surface area (Å²) in [7, 11) is 1.65. The number of carbonyl (C=O) groups excluding carboxylic acids is 2. The SMILES string of the molecule is CN=C(NCC(=O)N1CCN(c2ccccc2)CC1)NCC(C)(C)NC(=O)OC(C)(C)C. The van der Waals surface area contributed by atoms with Crippen LogP contribution in [0.5, 0.6) is 0 Å². The molecule has 1 aromatic carbocycles. The quantitative estimate of drug-likeness (QED) is 0.455. The number of nitrogens with zero attached hydrogens (tertiary/aromatic N) is 3. The summed E-state index contributed by atoms with van der Waals surface area (Å²) in [6, 6.07) is 10.2. The van der Waals surface area contributed by atoms with Crippen LogP contribution in [-0.2, 0) is 9.53 Å². The van der Waals surface area contributed by atoms with E-state index in [-0.39, 0.29) is 12.5 Å². The molecule has 2 amide bonds. The number of hydrogen-bond donors (Lipinski definition) is 3. The highest BCUT2D eigenvalue weighted by atomic mass is 16.6. The summed E-state index contributed by atoms with van der Waals surface area (Å²) in [5, 5.41) is 9.06. The molecule has 0 saturated carbocycles. The summed E-state index contributed by atoms with van der Waals surface area (Å²) < 4.78 is 5.31. The zero-order valence-corrected chi connectivity index (χ0v) is 20.2. The Morgan fingerprint density at radius 3 is 2.19 bits per heavy atom. The van der Waals surface area contributed by atoms with Crippen molar-refractivity contribution in [3.63, 3.8) is 0 Å². The van der Waals surface area contributed by atoms with Crippen LogP contribution >= 0.6 is 0 Å². The fraction of sp³-hybridized carbons (Fsp3) is 0.609. The van der Waals surface area contributed by atoms with Crippen molar-refractivity contribution in [2.24, 2.45) is 4.99 Å². The van der Waals surface area contributed by atoms with Crippen LogP contribution in [0.3, 0.4) is 0 Å². The lowest BCUT2D eigenvalue weighted by molar-refractivity contribution is -0.130. The number of ether oxygens (including phenoxy) is 1. The summed E-state index contributed by atoms with van der Waals surface area (Å²) >= 11 is 0. The van der Waals surface area contributed by atoms with E-state index in [4.69, 9.17) is 4.74 Å². The highest BCUT2D eigenvalue weighted by molar-refractivity contribution is 5.86. The molecule has 0 bridgehead atoms. The molecule has 0 unspecified atom stereocenters. The first-order chi connectivity index (χ1) is 15.0. The number of hydrogen-bond acceptors (Lipinski definition) is 5. The Balaban J connectivity index is 1.74. The number of nitrogens with one attached hydrogen (secondary N) is 3. The minimum Gasteiger partial charge on any atom is -0.444 e. The van der Waals surface area contributed by atoms with Crippen molar-refractivity contribution in [2.75, 3.05) is 51.2 Å². The van der Waals surface area contributed by atoms with E-state index in [1.165, 1.54) is 5.69 Å². The minimum atomic E-state index is -0.572. The van der Waals surface area contributed by atoms with Crippen LogP contribution < -0.4 is 20.9 Å². The molecule has 2 rings (SSSR count). The van der Waals surface area contributed by atoms with Crippen molar-refractivity contribution in [3.05, 3.63) is 30.3 Å². The smallest absolute Gasteiger partial charge is 0.408 e. The lowest BCUT2D eigenvalue weighted by atomic mass is 10.1. The van der Waals surface area contributed by atoms with Crippen LogP contribution in [0.15, 0.2) is 35.3 Å². The molecule has 1 aromatic rings. The van der Waals surface area contributed by atoms with Gasteiger partial charge in [-0.2, -0.15) is 0 Å². The van der Waals surface area contributed by atoms with Crippen LogP contribution in [0.25, 0.3) is 0 Å². The van der Waals surface area contributed by atoms with Crippen LogP contribution in [0.2, 0.25) is 0 Å². The number of carbonyl (C=O) groups is 2. The van der Waals surface area contributed by atoms with Gasteiger partial charge in [-0.1, -0.05) is 18.2 Å². The molecule has 0 aromatic heterocycles. The van der Waals surface area contributed by atoms with E-state index >= 15 is 0 Å². The summed E-state index contributed by atoms with van der Waals surface area (Å²) in [6.07, 6.45) is -0.475. The standard InChI is InChI=1S/C23H38N6O3/c1-22(2,3)32-21(31)27-23(4,5)17-26-20(24-6)25-16-19(30)29-14-12-28(13-15-29)18-10-8-7-9-11-18/h7-11H,12-17H2,1-6H3,(H,27,31)(H2,24,25,26). The normalized spacial score (nSPS) is 15.2. The maximum Gasteiger partial charge on any atom is 0.408 e. The average Bonchev–Trinajstić information content (AvgIpc) is 2.72. The number of anilines is 1. The van der Waals surface area contributed by atoms with Crippen LogP contribution in [-0.4, -0.2) is 80.3 Å². The van der Waals surface area contributed by atoms with Gasteiger partial charge in [0.05, 0.1) is 12.1 Å². The predicted molar refractivity (Wildman–Crippen MR) is 128 cm³/mol. The van der Waals surface area contributed by atoms with Gasteiger partial charge in [-0.3, -0.25) is 9.79 Å². The van der Waals surface area contributed by atoms with Crippen molar-refractivity contribution < 1.29 is 14.3 Å². The highest BCUT2D eigenvalue weighted by Crippen LogP contribution is 2.15. The van der Waals surface area contributed by atoms with E-state index in [1.54, 1.807) is 7.05 Å². The van der Waals surface area contributed by atoms with Gasteiger partial charge in [0.2, 0.25) is 5.91 Å². The average molecular weight is 447 g/mol. The van der Waals surface area contributed by atoms with E-state index in [1.807, 2.05) is 57.7 Å². The van der Waals surface area contributed by atoms with Gasteiger partial charge in [0.15, 0.2) is 5.96 Å². The van der Waals surface area contributed by atoms with Crippen LogP contribution in [0, 0.1) is 0 Å². The number of amides is 2. The van der Waals surface area contributed by atoms with E-state index in [0.29, 0.717) is 25.6 Å². The molecule has 0 radical (unpaired) electrons. The minimum absolute atomic E-state index is 0.0341. The van der Waals surface area contributed by atoms with Gasteiger partial charge in [0.1, 0.15) is 5.60 Å². The maximum absolute atomic E-state index is 12.6. The second kappa shape index (κ2) is 11.1. The van der Waals surface area contributed by atoms with Crippen molar-refractivity contribution in [2.45, 2.75) is 45.8 Å². The van der Waals surface area contributed by atoms with Crippen molar-refractivity contribution in [1.29, 1.82) is 0 Å². The number of benzene rings is 1. The maximum atomic E-state index is 12.6. The third kappa shape index (κ3) is 8.64. The van der Waals surface area contributed by atoms with E-state index < -0.39 is 17.2 Å². The topological polar surface area (TPSA) is 98.3 Å². The Labute approximate surface area is 191 Å². The van der Waals surface area contributed by atoms with Gasteiger partial charge in [0.25, 0.3) is 0 Å². The lowest BCUT2D eigenvalue weighted by Gasteiger charge is -2.36. The molecule has 178 valence electrons. The summed E-state index contributed by atoms with van der Waals surface area (Å²) in [5.41, 5.74) is 0.0560. The molecular weight excluding hydrogens is 408 g/mol. The number of alkyl carbamates (subject to hydrolysis) is 1. The molecule has 3 N–H and O–H groups in total. The fourth-order valence-electron chi connectivity index (χ4n) is 3.27. The molecule has 32 heavy (non-hydrogen) atoms. The van der Waals surface area contributed by atoms with E-state index in [2.05, 4.69) is 38.0 Å². The van der Waals surface area contributed by atoms with Gasteiger partial charge in [-0.25, -0.2) is 4.79 Å². The first kappa shape index (κ1) is 25.3. The van der Waals surface area contributed by atoms with Gasteiger partial charge >= 0.3 is 6.09 Å². The molecular formula is C23H38N6O3. The number of aliphatic imine (C=N–C) groups is 1. The Bertz CT molecular complexity index is 781. The molecule has 1 aliphatic rings. The molecule has 9 nitrogen and oxygen atoms in total. The number of para-hydroxylation sites is 1. The Kier molecular flexibility index (Phi) is 8.74. The lowest BCUT2D eigenvalue weighted by Crippen LogP contribution is -2.55. The molecule has 0 aliphatic carbocycles. The van der Waals surface area contributed by atoms with Crippen LogP contribution in [0.1, 0.15) is 34.6 Å². The Morgan fingerprint density at radius 1 is 1.00 bits per heavy atom. The van der Waals surface area contributed by atoms with Gasteiger partial charge in [0, 0.05) is 45.5 Å². The second-order valence-electron chi connectivity index (χ2n) is 9.49. The van der Waals surface area contributed by atoms with Crippen molar-refractivity contribution in [3.8, 4) is 0 Å². The van der Waals surface area contributed by atoms with Crippen molar-refractivity contribution >= 4 is 23.6 Å². The van der Waals surface area contributed by atoms with E-state index in [0.717, 1.165) is 13.1 Å². The molecule has 1 fully saturated rings. The zero-order valence-electron chi connectivity index (χ0n) is 20.2. The molecule has 1 saturated heterocycles. The molecule has 1 aliphatic heterocycles. The molecule has 1 heterocycles. The summed E-state index contributed by atoms with van der Waals surface area (Å²) in [6.45, 7) is 12.8. The first-order valence-corrected chi connectivity index (χ1v) is 11.0. The molecule has 0 atom stereocenters. The third-order valence-corrected chi connectivity index (χ3v) is 4.92. The van der Waals surface area contributed by atoms with Crippen molar-refractivity contribution in [1.82, 2.24) is 20.9 Å². The monoisotopic (exact) mass is 446 g/mol. The number of rotatable bonds is 6. The predicted octanol–water partition coefficient (Wildman–Crippen LogP) is 1.80. The third-order valence-electron chi connectivity index (χ3n) is 4.92. The Hall–Kier alpha value is -2.97. The number of guanidine groups is 1. The summed E-state index contributed by atoms with van der Waals surface area (Å²) in [4.78, 5) is 33.0. The van der Waals surface area contributed by atoms with E-state index in [9.17, 15) is 9.59 Å². The Morgan fingerprint density at radius 2 is 1.62 bits per heavy atom. The highest BCUT2D eigenvalue weighted by Gasteiger charge is 2.25. The fourth-order valence-corrected chi connectivity index (χ4v) is 3.27. The van der Waals surface area contributed by atoms with Gasteiger partial charge in [-0.05, 0) is 46.8 Å². The van der Waals surface area contributed by atoms with Gasteiger partial charge in [-0.15, -0.1) is 0 Å². The molecule has 0 spiro atoms. The zero-order chi connectivity index (χ0) is 23.8. The van der Waals surface area contributed by atoms with Gasteiger partial charge < -0.3 is 30.5 Å². The van der Waals surface area contributed by atoms with Crippen LogP contribution in [0.4, 0.5) is 10.5 Å². The first-order valence-electron chi connectivity index (χ1n) is 11.0.